The Labute approximate surface area is 85.7 Å². The van der Waals surface area contributed by atoms with Crippen LogP contribution in [0.25, 0.3) is 11.1 Å². The van der Waals surface area contributed by atoms with Crippen LogP contribution >= 0.6 is 11.6 Å². The molecule has 1 N–H and O–H groups in total. The third kappa shape index (κ3) is 1.40. The van der Waals surface area contributed by atoms with E-state index in [0.29, 0.717) is 5.56 Å². The minimum atomic E-state index is -0.370. The van der Waals surface area contributed by atoms with E-state index in [4.69, 9.17) is 11.6 Å². The average molecular weight is 211 g/mol. The fourth-order valence-corrected chi connectivity index (χ4v) is 1.57. The summed E-state index contributed by atoms with van der Waals surface area (Å²) in [6.45, 7) is 1.70. The van der Waals surface area contributed by atoms with Crippen molar-refractivity contribution in [3.63, 3.8) is 0 Å². The van der Waals surface area contributed by atoms with Crippen molar-refractivity contribution in [1.82, 2.24) is 10.2 Å². The molecule has 0 spiro atoms. The van der Waals surface area contributed by atoms with Crippen LogP contribution in [0.1, 0.15) is 5.56 Å². The third-order valence-corrected chi connectivity index (χ3v) is 2.44. The summed E-state index contributed by atoms with van der Waals surface area (Å²) in [7, 11) is 0. The highest BCUT2D eigenvalue weighted by atomic mass is 35.5. The second-order valence-corrected chi connectivity index (χ2v) is 3.43. The molecule has 0 bridgehead atoms. The van der Waals surface area contributed by atoms with Gasteiger partial charge in [0.1, 0.15) is 5.82 Å². The summed E-state index contributed by atoms with van der Waals surface area (Å²) >= 11 is 5.65. The van der Waals surface area contributed by atoms with Gasteiger partial charge in [0.25, 0.3) is 0 Å². The number of hydrogen-bond acceptors (Lipinski definition) is 1. The molecule has 0 saturated carbocycles. The summed E-state index contributed by atoms with van der Waals surface area (Å²) in [6.07, 6.45) is 3.37. The minimum absolute atomic E-state index is 0.148. The van der Waals surface area contributed by atoms with Crippen molar-refractivity contribution in [2.75, 3.05) is 0 Å². The molecule has 2 rings (SSSR count). The van der Waals surface area contributed by atoms with E-state index >= 15 is 0 Å². The average Bonchev–Trinajstić information content (AvgIpc) is 2.67. The van der Waals surface area contributed by atoms with Crippen LogP contribution in [0, 0.1) is 12.7 Å². The molecule has 14 heavy (non-hydrogen) atoms. The molecule has 1 heterocycles. The molecule has 0 radical (unpaired) electrons. The number of nitrogens with zero attached hydrogens (tertiary/aromatic N) is 1. The first-order chi connectivity index (χ1) is 6.70. The zero-order chi connectivity index (χ0) is 10.1. The predicted octanol–water partition coefficient (Wildman–Crippen LogP) is 3.18. The molecule has 0 aliphatic heterocycles. The van der Waals surface area contributed by atoms with Gasteiger partial charge in [0, 0.05) is 11.8 Å². The number of aromatic nitrogens is 2. The second-order valence-electron chi connectivity index (χ2n) is 3.02. The van der Waals surface area contributed by atoms with Gasteiger partial charge in [-0.2, -0.15) is 5.10 Å². The Balaban J connectivity index is 2.61. The van der Waals surface area contributed by atoms with Crippen molar-refractivity contribution in [3.8, 4) is 11.1 Å². The molecule has 0 atom stereocenters. The molecule has 0 aliphatic carbocycles. The number of H-pyrrole nitrogens is 1. The third-order valence-electron chi connectivity index (χ3n) is 2.15. The Bertz CT molecular complexity index is 451. The van der Waals surface area contributed by atoms with Gasteiger partial charge in [-0.1, -0.05) is 17.7 Å². The molecular formula is C10H8ClFN2. The Morgan fingerprint density at radius 1 is 1.43 bits per heavy atom. The van der Waals surface area contributed by atoms with E-state index in [0.717, 1.165) is 11.1 Å². The zero-order valence-corrected chi connectivity index (χ0v) is 8.27. The summed E-state index contributed by atoms with van der Waals surface area (Å²) in [5, 5.41) is 6.64. The van der Waals surface area contributed by atoms with Crippen LogP contribution in [0.15, 0.2) is 24.5 Å². The van der Waals surface area contributed by atoms with Crippen molar-refractivity contribution >= 4 is 11.6 Å². The van der Waals surface area contributed by atoms with Gasteiger partial charge in [-0.15, -0.1) is 0 Å². The lowest BCUT2D eigenvalue weighted by Crippen LogP contribution is -1.88. The van der Waals surface area contributed by atoms with E-state index in [-0.39, 0.29) is 10.8 Å². The van der Waals surface area contributed by atoms with Crippen molar-refractivity contribution in [2.45, 2.75) is 6.92 Å². The Morgan fingerprint density at radius 3 is 2.86 bits per heavy atom. The molecule has 4 heteroatoms. The van der Waals surface area contributed by atoms with E-state index in [1.807, 2.05) is 0 Å². The smallest absolute Gasteiger partial charge is 0.145 e. The lowest BCUT2D eigenvalue weighted by Gasteiger charge is -2.05. The number of nitrogens with one attached hydrogen (secondary N) is 1. The lowest BCUT2D eigenvalue weighted by molar-refractivity contribution is 0.619. The van der Waals surface area contributed by atoms with E-state index in [2.05, 4.69) is 10.2 Å². The van der Waals surface area contributed by atoms with E-state index in [9.17, 15) is 4.39 Å². The predicted molar refractivity (Wildman–Crippen MR) is 53.7 cm³/mol. The van der Waals surface area contributed by atoms with Crippen LogP contribution < -0.4 is 0 Å². The number of hydrogen-bond donors (Lipinski definition) is 1. The highest BCUT2D eigenvalue weighted by molar-refractivity contribution is 6.30. The molecule has 0 aliphatic rings. The van der Waals surface area contributed by atoms with Crippen LogP contribution in [0.4, 0.5) is 4.39 Å². The fourth-order valence-electron chi connectivity index (χ4n) is 1.36. The molecule has 2 nitrogen and oxygen atoms in total. The molecule has 72 valence electrons. The van der Waals surface area contributed by atoms with E-state index in [1.165, 1.54) is 0 Å². The van der Waals surface area contributed by atoms with Gasteiger partial charge in [-0.3, -0.25) is 5.10 Å². The maximum atomic E-state index is 13.4. The van der Waals surface area contributed by atoms with Crippen molar-refractivity contribution in [3.05, 3.63) is 40.9 Å². The summed E-state index contributed by atoms with van der Waals surface area (Å²) < 4.78 is 13.4. The highest BCUT2D eigenvalue weighted by Crippen LogP contribution is 2.28. The molecule has 1 aromatic heterocycles. The highest BCUT2D eigenvalue weighted by Gasteiger charge is 2.09. The monoisotopic (exact) mass is 210 g/mol. The van der Waals surface area contributed by atoms with Crippen LogP contribution in [-0.4, -0.2) is 10.2 Å². The topological polar surface area (TPSA) is 28.7 Å². The van der Waals surface area contributed by atoms with Gasteiger partial charge in [0.15, 0.2) is 0 Å². The normalized spacial score (nSPS) is 10.5. The summed E-state index contributed by atoms with van der Waals surface area (Å²) in [5.41, 5.74) is 2.21. The number of aromatic amines is 1. The quantitative estimate of drug-likeness (QED) is 0.770. The Morgan fingerprint density at radius 2 is 2.21 bits per heavy atom. The molecular weight excluding hydrogens is 203 g/mol. The second kappa shape index (κ2) is 3.42. The number of benzene rings is 1. The van der Waals surface area contributed by atoms with Crippen molar-refractivity contribution < 1.29 is 4.39 Å². The lowest BCUT2D eigenvalue weighted by atomic mass is 10.0. The zero-order valence-electron chi connectivity index (χ0n) is 7.51. The van der Waals surface area contributed by atoms with Gasteiger partial charge < -0.3 is 0 Å². The number of halogens is 2. The molecule has 1 aromatic carbocycles. The van der Waals surface area contributed by atoms with Crippen molar-refractivity contribution in [2.24, 2.45) is 0 Å². The van der Waals surface area contributed by atoms with Crippen LogP contribution in [-0.2, 0) is 0 Å². The fraction of sp³-hybridized carbons (Fsp3) is 0.100. The summed E-state index contributed by atoms with van der Waals surface area (Å²) in [4.78, 5) is 0. The van der Waals surface area contributed by atoms with E-state index in [1.54, 1.807) is 31.5 Å². The largest absolute Gasteiger partial charge is 0.285 e. The maximum absolute atomic E-state index is 13.4. The number of rotatable bonds is 1. The Hall–Kier alpha value is -1.35. The first-order valence-corrected chi connectivity index (χ1v) is 4.51. The van der Waals surface area contributed by atoms with Gasteiger partial charge in [-0.25, -0.2) is 4.39 Å². The standard InChI is InChI=1S/C10H8ClFN2/c1-6-8(7-4-13-14-5-7)2-3-9(11)10(6)12/h2-5H,1H3,(H,13,14). The molecule has 0 amide bonds. The molecule has 0 unspecified atom stereocenters. The van der Waals surface area contributed by atoms with Gasteiger partial charge >= 0.3 is 0 Å². The van der Waals surface area contributed by atoms with Gasteiger partial charge in [0.2, 0.25) is 0 Å². The minimum Gasteiger partial charge on any atom is -0.285 e. The maximum Gasteiger partial charge on any atom is 0.145 e. The van der Waals surface area contributed by atoms with Gasteiger partial charge in [-0.05, 0) is 24.1 Å². The van der Waals surface area contributed by atoms with Crippen LogP contribution in [0.2, 0.25) is 5.02 Å². The molecule has 2 aromatic rings. The van der Waals surface area contributed by atoms with Gasteiger partial charge in [0.05, 0.1) is 11.2 Å². The first-order valence-electron chi connectivity index (χ1n) is 4.14. The van der Waals surface area contributed by atoms with Crippen LogP contribution in [0.3, 0.4) is 0 Å². The molecule has 0 saturated heterocycles. The van der Waals surface area contributed by atoms with Crippen molar-refractivity contribution in [1.29, 1.82) is 0 Å². The molecule has 0 fully saturated rings. The first kappa shape index (κ1) is 9.21. The Kier molecular flexibility index (Phi) is 2.25. The summed E-state index contributed by atoms with van der Waals surface area (Å²) in [6, 6.07) is 3.33. The van der Waals surface area contributed by atoms with E-state index < -0.39 is 0 Å². The van der Waals surface area contributed by atoms with Crippen LogP contribution in [0.5, 0.6) is 0 Å². The SMILES string of the molecule is Cc1c(-c2cn[nH]c2)ccc(Cl)c1F. The summed E-state index contributed by atoms with van der Waals surface area (Å²) in [5.74, 6) is -0.370.